The number of H-pyrrole nitrogens is 1. The van der Waals surface area contributed by atoms with Crippen molar-refractivity contribution < 1.29 is 8.42 Å². The third kappa shape index (κ3) is 3.00. The fourth-order valence-electron chi connectivity index (χ4n) is 2.53. The average Bonchev–Trinajstić information content (AvgIpc) is 2.76. The Labute approximate surface area is 114 Å². The first-order chi connectivity index (χ1) is 8.95. The molecule has 0 bridgehead atoms. The molecule has 3 N–H and O–H groups in total. The highest BCUT2D eigenvalue weighted by molar-refractivity contribution is 7.89. The van der Waals surface area contributed by atoms with Crippen LogP contribution < -0.4 is 5.73 Å². The molecular weight excluding hydrogens is 264 g/mol. The van der Waals surface area contributed by atoms with Crippen LogP contribution in [0.15, 0.2) is 17.2 Å². The lowest BCUT2D eigenvalue weighted by molar-refractivity contribution is 0.290. The van der Waals surface area contributed by atoms with Gasteiger partial charge >= 0.3 is 0 Å². The molecule has 1 atom stereocenters. The summed E-state index contributed by atoms with van der Waals surface area (Å²) in [5.41, 5.74) is 6.24. The standard InChI is InChI=1S/C12H22N4O2S/c1-10-9-15(2)4-3-5-16(10)19(17,18)12-6-11(7-13)14-8-12/h6,8,10,14H,3-5,7,9,13H2,1-2H3. The van der Waals surface area contributed by atoms with E-state index in [4.69, 9.17) is 5.73 Å². The summed E-state index contributed by atoms with van der Waals surface area (Å²) in [6.07, 6.45) is 2.38. The summed E-state index contributed by atoms with van der Waals surface area (Å²) in [7, 11) is -1.40. The molecule has 19 heavy (non-hydrogen) atoms. The van der Waals surface area contributed by atoms with Crippen molar-refractivity contribution in [2.24, 2.45) is 5.73 Å². The summed E-state index contributed by atoms with van der Waals surface area (Å²) in [6.45, 7) is 4.52. The van der Waals surface area contributed by atoms with Crippen LogP contribution in [0, 0.1) is 0 Å². The van der Waals surface area contributed by atoms with E-state index >= 15 is 0 Å². The van der Waals surface area contributed by atoms with Crippen molar-refractivity contribution in [3.63, 3.8) is 0 Å². The van der Waals surface area contributed by atoms with E-state index in [0.29, 0.717) is 18.0 Å². The Morgan fingerprint density at radius 3 is 2.84 bits per heavy atom. The van der Waals surface area contributed by atoms with Gasteiger partial charge in [0.25, 0.3) is 0 Å². The zero-order valence-electron chi connectivity index (χ0n) is 11.5. The van der Waals surface area contributed by atoms with Crippen molar-refractivity contribution in [3.05, 3.63) is 18.0 Å². The topological polar surface area (TPSA) is 82.4 Å². The van der Waals surface area contributed by atoms with Gasteiger partial charge in [-0.05, 0) is 33.0 Å². The second-order valence-corrected chi connectivity index (χ2v) is 7.04. The van der Waals surface area contributed by atoms with Crippen molar-refractivity contribution in [2.75, 3.05) is 26.7 Å². The molecule has 0 amide bonds. The second-order valence-electron chi connectivity index (χ2n) is 5.15. The fraction of sp³-hybridized carbons (Fsp3) is 0.667. The van der Waals surface area contributed by atoms with Crippen LogP contribution in [0.2, 0.25) is 0 Å². The minimum atomic E-state index is -3.43. The number of likely N-dealkylation sites (N-methyl/N-ethyl adjacent to an activating group) is 1. The van der Waals surface area contributed by atoms with E-state index in [1.54, 1.807) is 10.4 Å². The summed E-state index contributed by atoms with van der Waals surface area (Å²) >= 11 is 0. The molecule has 0 aromatic carbocycles. The predicted molar refractivity (Wildman–Crippen MR) is 74.2 cm³/mol. The van der Waals surface area contributed by atoms with Gasteiger partial charge in [0.15, 0.2) is 0 Å². The van der Waals surface area contributed by atoms with E-state index in [9.17, 15) is 8.42 Å². The molecule has 2 heterocycles. The van der Waals surface area contributed by atoms with Crippen molar-refractivity contribution in [1.82, 2.24) is 14.2 Å². The van der Waals surface area contributed by atoms with E-state index in [-0.39, 0.29) is 6.04 Å². The summed E-state index contributed by atoms with van der Waals surface area (Å²) in [5.74, 6) is 0. The van der Waals surface area contributed by atoms with E-state index < -0.39 is 10.0 Å². The Bertz CT molecular complexity index is 526. The fourth-order valence-corrected chi connectivity index (χ4v) is 4.21. The molecule has 1 aliphatic rings. The number of nitrogens with one attached hydrogen (secondary N) is 1. The third-order valence-electron chi connectivity index (χ3n) is 3.53. The number of hydrogen-bond donors (Lipinski definition) is 2. The van der Waals surface area contributed by atoms with Crippen LogP contribution >= 0.6 is 0 Å². The molecule has 1 aromatic heterocycles. The van der Waals surface area contributed by atoms with E-state index in [1.807, 2.05) is 14.0 Å². The van der Waals surface area contributed by atoms with Gasteiger partial charge in [-0.2, -0.15) is 4.31 Å². The largest absolute Gasteiger partial charge is 0.363 e. The first-order valence-corrected chi connectivity index (χ1v) is 7.97. The number of aromatic nitrogens is 1. The predicted octanol–water partition coefficient (Wildman–Crippen LogP) is 0.188. The molecule has 1 aromatic rings. The summed E-state index contributed by atoms with van der Waals surface area (Å²) in [4.78, 5) is 5.38. The molecule has 1 unspecified atom stereocenters. The maximum absolute atomic E-state index is 12.6. The molecular formula is C12H22N4O2S. The van der Waals surface area contributed by atoms with Gasteiger partial charge in [-0.25, -0.2) is 8.42 Å². The highest BCUT2D eigenvalue weighted by Gasteiger charge is 2.31. The molecule has 6 nitrogen and oxygen atoms in total. The molecule has 0 aliphatic carbocycles. The number of nitrogens with two attached hydrogens (primary N) is 1. The maximum atomic E-state index is 12.6. The van der Waals surface area contributed by atoms with E-state index in [0.717, 1.165) is 25.2 Å². The molecule has 1 saturated heterocycles. The SMILES string of the molecule is CC1CN(C)CCCN1S(=O)(=O)c1c[nH]c(CN)c1. The van der Waals surface area contributed by atoms with Crippen LogP contribution in [-0.2, 0) is 16.6 Å². The van der Waals surface area contributed by atoms with Gasteiger partial charge in [0.2, 0.25) is 10.0 Å². The van der Waals surface area contributed by atoms with Gasteiger partial charge in [0.1, 0.15) is 0 Å². The third-order valence-corrected chi connectivity index (χ3v) is 5.52. The number of nitrogens with zero attached hydrogens (tertiary/aromatic N) is 2. The Kier molecular flexibility index (Phi) is 4.29. The lowest BCUT2D eigenvalue weighted by Gasteiger charge is -2.26. The van der Waals surface area contributed by atoms with Crippen molar-refractivity contribution in [3.8, 4) is 0 Å². The molecule has 1 aliphatic heterocycles. The molecule has 0 saturated carbocycles. The number of rotatable bonds is 3. The Balaban J connectivity index is 2.27. The van der Waals surface area contributed by atoms with Crippen LogP contribution in [-0.4, -0.2) is 55.3 Å². The van der Waals surface area contributed by atoms with Crippen molar-refractivity contribution in [2.45, 2.75) is 30.8 Å². The van der Waals surface area contributed by atoms with Gasteiger partial charge in [-0.15, -0.1) is 0 Å². The Morgan fingerprint density at radius 1 is 1.47 bits per heavy atom. The van der Waals surface area contributed by atoms with Gasteiger partial charge in [0.05, 0.1) is 4.90 Å². The summed E-state index contributed by atoms with van der Waals surface area (Å²) in [5, 5.41) is 0. The molecule has 0 spiro atoms. The molecule has 0 radical (unpaired) electrons. The Morgan fingerprint density at radius 2 is 2.21 bits per heavy atom. The summed E-state index contributed by atoms with van der Waals surface area (Å²) in [6, 6.07) is 1.60. The zero-order chi connectivity index (χ0) is 14.0. The van der Waals surface area contributed by atoms with E-state index in [2.05, 4.69) is 9.88 Å². The minimum absolute atomic E-state index is 0.0197. The molecule has 7 heteroatoms. The minimum Gasteiger partial charge on any atom is -0.363 e. The highest BCUT2D eigenvalue weighted by Crippen LogP contribution is 2.21. The number of aromatic amines is 1. The summed E-state index contributed by atoms with van der Waals surface area (Å²) < 4.78 is 26.9. The quantitative estimate of drug-likeness (QED) is 0.831. The van der Waals surface area contributed by atoms with E-state index in [1.165, 1.54) is 6.20 Å². The maximum Gasteiger partial charge on any atom is 0.244 e. The van der Waals surface area contributed by atoms with Crippen LogP contribution in [0.4, 0.5) is 0 Å². The van der Waals surface area contributed by atoms with Gasteiger partial charge in [-0.3, -0.25) is 0 Å². The second kappa shape index (κ2) is 5.62. The van der Waals surface area contributed by atoms with Crippen molar-refractivity contribution >= 4 is 10.0 Å². The number of sulfonamides is 1. The smallest absolute Gasteiger partial charge is 0.244 e. The highest BCUT2D eigenvalue weighted by atomic mass is 32.2. The average molecular weight is 286 g/mol. The molecule has 108 valence electrons. The zero-order valence-corrected chi connectivity index (χ0v) is 12.3. The van der Waals surface area contributed by atoms with Crippen LogP contribution in [0.3, 0.4) is 0 Å². The first kappa shape index (κ1) is 14.5. The van der Waals surface area contributed by atoms with Gasteiger partial charge < -0.3 is 15.6 Å². The molecule has 1 fully saturated rings. The monoisotopic (exact) mass is 286 g/mol. The lowest BCUT2D eigenvalue weighted by atomic mass is 10.3. The molecule has 2 rings (SSSR count). The first-order valence-electron chi connectivity index (χ1n) is 6.53. The number of hydrogen-bond acceptors (Lipinski definition) is 4. The van der Waals surface area contributed by atoms with Crippen LogP contribution in [0.5, 0.6) is 0 Å². The van der Waals surface area contributed by atoms with Crippen molar-refractivity contribution in [1.29, 1.82) is 0 Å². The normalized spacial score (nSPS) is 23.4. The van der Waals surface area contributed by atoms with Gasteiger partial charge in [-0.1, -0.05) is 0 Å². The lowest BCUT2D eigenvalue weighted by Crippen LogP contribution is -2.41. The Hall–Kier alpha value is -0.890. The van der Waals surface area contributed by atoms with Crippen LogP contribution in [0.1, 0.15) is 19.0 Å². The van der Waals surface area contributed by atoms with Gasteiger partial charge in [0, 0.05) is 37.6 Å². The van der Waals surface area contributed by atoms with Crippen LogP contribution in [0.25, 0.3) is 0 Å².